The normalized spacial score (nSPS) is 12.6. The number of hydrogen-bond donors (Lipinski definition) is 6. The Morgan fingerprint density at radius 1 is 0.708 bits per heavy atom. The van der Waals surface area contributed by atoms with Gasteiger partial charge in [-0.15, -0.1) is 0 Å². The maximum Gasteiger partial charge on any atom is 0.326 e. The molecule has 10 nitrogen and oxygen atoms in total. The molecule has 0 aliphatic heterocycles. The van der Waals surface area contributed by atoms with Gasteiger partial charge >= 0.3 is 5.97 Å². The van der Waals surface area contributed by atoms with Crippen molar-refractivity contribution >= 4 is 33.4 Å². The highest BCUT2D eigenvalue weighted by Crippen LogP contribution is 2.57. The lowest BCUT2D eigenvalue weighted by atomic mass is 9.98. The number of carboxylic acids is 1. The highest BCUT2D eigenvalue weighted by molar-refractivity contribution is 6.16. The molecule has 6 N–H and O–H groups in total. The third-order valence-electron chi connectivity index (χ3n) is 8.88. The molecule has 48 heavy (non-hydrogen) atoms. The summed E-state index contributed by atoms with van der Waals surface area (Å²) in [5.74, 6) is -4.07. The van der Waals surface area contributed by atoms with Crippen LogP contribution < -0.4 is 14.8 Å². The fourth-order valence-corrected chi connectivity index (χ4v) is 5.80. The molecule has 0 saturated heterocycles. The fourth-order valence-electron chi connectivity index (χ4n) is 5.80. The fraction of sp³-hybridized carbons (Fsp3) is 0.421. The maximum absolute atomic E-state index is 12.8. The largest absolute Gasteiger partial charge is 0.506 e. The van der Waals surface area contributed by atoms with Crippen LogP contribution in [0.1, 0.15) is 94.5 Å². The molecule has 258 valence electrons. The van der Waals surface area contributed by atoms with Crippen LogP contribution in [0.15, 0.2) is 48.5 Å². The third kappa shape index (κ3) is 8.16. The minimum absolute atomic E-state index is 0.0115. The highest BCUT2D eigenvalue weighted by atomic mass is 16.5. The van der Waals surface area contributed by atoms with E-state index < -0.39 is 29.4 Å². The van der Waals surface area contributed by atoms with Gasteiger partial charge in [0.05, 0.1) is 17.4 Å². The van der Waals surface area contributed by atoms with Crippen LogP contribution in [-0.2, 0) is 11.4 Å². The molecular weight excluding hydrogens is 614 g/mol. The van der Waals surface area contributed by atoms with Gasteiger partial charge in [-0.1, -0.05) is 109 Å². The lowest BCUT2D eigenvalue weighted by Crippen LogP contribution is -2.45. The summed E-state index contributed by atoms with van der Waals surface area (Å²) in [5, 5.41) is 57.8. The van der Waals surface area contributed by atoms with Gasteiger partial charge in [0.25, 0.3) is 5.91 Å². The van der Waals surface area contributed by atoms with E-state index in [0.29, 0.717) is 29.2 Å². The molecule has 0 bridgehead atoms. The van der Waals surface area contributed by atoms with Crippen molar-refractivity contribution in [1.29, 1.82) is 0 Å². The summed E-state index contributed by atoms with van der Waals surface area (Å²) in [5.41, 5.74) is 0.834. The number of ether oxygens (including phenoxy) is 2. The van der Waals surface area contributed by atoms with E-state index in [-0.39, 0.29) is 58.5 Å². The van der Waals surface area contributed by atoms with Gasteiger partial charge in [0.2, 0.25) is 11.5 Å². The summed E-state index contributed by atoms with van der Waals surface area (Å²) in [7, 11) is 0. The average Bonchev–Trinajstić information content (AvgIpc) is 3.09. The molecule has 4 aromatic rings. The van der Waals surface area contributed by atoms with Crippen molar-refractivity contribution < 1.29 is 44.6 Å². The number of fused-ring (bicyclic) bond motifs is 2. The number of aliphatic carboxylic acids is 1. The van der Waals surface area contributed by atoms with Crippen LogP contribution in [-0.4, -0.2) is 50.1 Å². The number of carbonyl (C=O) groups excluding carboxylic acids is 1. The van der Waals surface area contributed by atoms with Crippen LogP contribution in [0.5, 0.6) is 34.5 Å². The number of benzene rings is 4. The summed E-state index contributed by atoms with van der Waals surface area (Å²) in [6, 6.07) is 11.9. The topological polar surface area (TPSA) is 166 Å². The number of carboxylic acid groups (broad SMARTS) is 1. The first-order valence-electron chi connectivity index (χ1n) is 16.8. The van der Waals surface area contributed by atoms with E-state index in [2.05, 4.69) is 12.2 Å². The van der Waals surface area contributed by atoms with Crippen LogP contribution in [0.3, 0.4) is 0 Å². The molecule has 2 atom stereocenters. The van der Waals surface area contributed by atoms with E-state index in [1.807, 2.05) is 6.92 Å². The number of hydrogen-bond acceptors (Lipinski definition) is 8. The number of nitrogens with one attached hydrogen (secondary N) is 1. The molecule has 4 aromatic carbocycles. The first-order valence-corrected chi connectivity index (χ1v) is 16.8. The smallest absolute Gasteiger partial charge is 0.326 e. The van der Waals surface area contributed by atoms with Crippen LogP contribution in [0, 0.1) is 5.92 Å². The zero-order chi connectivity index (χ0) is 34.8. The van der Waals surface area contributed by atoms with Gasteiger partial charge in [0, 0.05) is 16.3 Å². The molecule has 0 saturated carbocycles. The second-order valence-corrected chi connectivity index (χ2v) is 12.3. The second kappa shape index (κ2) is 16.8. The van der Waals surface area contributed by atoms with E-state index in [1.165, 1.54) is 37.8 Å². The molecule has 10 heteroatoms. The Bertz CT molecular complexity index is 1720. The van der Waals surface area contributed by atoms with Crippen LogP contribution in [0.4, 0.5) is 0 Å². The minimum atomic E-state index is -1.11. The van der Waals surface area contributed by atoms with Crippen molar-refractivity contribution in [3.63, 3.8) is 0 Å². The third-order valence-corrected chi connectivity index (χ3v) is 8.88. The minimum Gasteiger partial charge on any atom is -0.506 e. The molecule has 0 aliphatic carbocycles. The lowest BCUT2D eigenvalue weighted by molar-refractivity contribution is -0.140. The predicted octanol–water partition coefficient (Wildman–Crippen LogP) is 8.14. The van der Waals surface area contributed by atoms with E-state index in [0.717, 1.165) is 19.3 Å². The summed E-state index contributed by atoms with van der Waals surface area (Å²) in [6.45, 7) is 5.89. The Kier molecular flexibility index (Phi) is 12.6. The number of phenolic OH excluding ortho intramolecular Hbond substituents is 4. The van der Waals surface area contributed by atoms with Crippen molar-refractivity contribution in [2.75, 3.05) is 6.61 Å². The first kappa shape index (κ1) is 36.0. The molecule has 4 rings (SSSR count). The highest BCUT2D eigenvalue weighted by Gasteiger charge is 2.29. The number of unbranched alkanes of at least 4 members (excludes halogenated alkanes) is 7. The Balaban J connectivity index is 1.58. The molecular formula is C38H47NO9. The van der Waals surface area contributed by atoms with Gasteiger partial charge < -0.3 is 40.3 Å². The number of amides is 1. The number of carbonyl (C=O) groups is 2. The zero-order valence-electron chi connectivity index (χ0n) is 27.9. The van der Waals surface area contributed by atoms with Crippen molar-refractivity contribution in [3.8, 4) is 34.5 Å². The monoisotopic (exact) mass is 661 g/mol. The van der Waals surface area contributed by atoms with E-state index in [4.69, 9.17) is 9.47 Å². The van der Waals surface area contributed by atoms with Crippen molar-refractivity contribution in [1.82, 2.24) is 5.32 Å². The molecule has 1 amide bonds. The summed E-state index contributed by atoms with van der Waals surface area (Å²) >= 11 is 0. The van der Waals surface area contributed by atoms with Gasteiger partial charge in [-0.05, 0) is 30.0 Å². The number of aromatic hydroxyl groups is 4. The summed E-state index contributed by atoms with van der Waals surface area (Å²) in [4.78, 5) is 24.4. The van der Waals surface area contributed by atoms with E-state index in [1.54, 1.807) is 43.3 Å². The van der Waals surface area contributed by atoms with E-state index in [9.17, 15) is 35.1 Å². The first-order chi connectivity index (χ1) is 23.1. The average molecular weight is 662 g/mol. The zero-order valence-corrected chi connectivity index (χ0v) is 27.9. The number of phenols is 4. The van der Waals surface area contributed by atoms with Gasteiger partial charge in [-0.3, -0.25) is 4.79 Å². The molecule has 0 unspecified atom stereocenters. The molecule has 0 fully saturated rings. The van der Waals surface area contributed by atoms with Gasteiger partial charge in [-0.2, -0.15) is 0 Å². The standard InChI is InChI=1S/C38H47NO9/c1-4-6-7-8-9-10-11-14-21-47-35-28-29(32(41)27-16-13-12-15-26(27)31(28)40)36(34(43)33(35)42)48-22-24-17-19-25(20-18-24)37(44)39-30(38(45)46)23(3)5-2/h12-13,15-20,23,30,40-43H,4-11,14,21-22H2,1-3H3,(H,39,44)(H,45,46)/t23-,30+/m1/s1. The second-order valence-electron chi connectivity index (χ2n) is 12.3. The SMILES string of the molecule is CCCCCCCCCCOc1c(O)c(O)c(OCc2ccc(C(=O)N[C@H](C(=O)O)[C@H](C)CC)cc2)c2c(O)c3ccccc3c(O)c12. The molecule has 0 heterocycles. The predicted molar refractivity (Wildman–Crippen MR) is 185 cm³/mol. The van der Waals surface area contributed by atoms with Gasteiger partial charge in [0.15, 0.2) is 11.5 Å². The summed E-state index contributed by atoms with van der Waals surface area (Å²) < 4.78 is 11.9. The van der Waals surface area contributed by atoms with Crippen molar-refractivity contribution in [2.24, 2.45) is 5.92 Å². The summed E-state index contributed by atoms with van der Waals surface area (Å²) in [6.07, 6.45) is 9.27. The maximum atomic E-state index is 12.8. The van der Waals surface area contributed by atoms with Crippen molar-refractivity contribution in [3.05, 3.63) is 59.7 Å². The Morgan fingerprint density at radius 2 is 1.23 bits per heavy atom. The lowest BCUT2D eigenvalue weighted by Gasteiger charge is -2.20. The van der Waals surface area contributed by atoms with Crippen LogP contribution in [0.25, 0.3) is 21.5 Å². The van der Waals surface area contributed by atoms with Gasteiger partial charge in [0.1, 0.15) is 24.1 Å². The van der Waals surface area contributed by atoms with Crippen LogP contribution in [0.2, 0.25) is 0 Å². The van der Waals surface area contributed by atoms with Crippen LogP contribution >= 0.6 is 0 Å². The quantitative estimate of drug-likeness (QED) is 0.0267. The Morgan fingerprint density at radius 3 is 1.75 bits per heavy atom. The molecule has 0 aromatic heterocycles. The molecule has 0 radical (unpaired) electrons. The number of rotatable bonds is 18. The molecule has 0 spiro atoms. The van der Waals surface area contributed by atoms with Gasteiger partial charge in [-0.25, -0.2) is 4.79 Å². The Labute approximate surface area is 280 Å². The Hall–Kier alpha value is -4.86. The van der Waals surface area contributed by atoms with Crippen molar-refractivity contribution in [2.45, 2.75) is 91.2 Å². The van der Waals surface area contributed by atoms with E-state index >= 15 is 0 Å². The molecule has 0 aliphatic rings.